The number of carbonyl (C=O) groups excluding carboxylic acids is 1. The third-order valence-electron chi connectivity index (χ3n) is 3.75. The van der Waals surface area contributed by atoms with Crippen molar-refractivity contribution in [2.45, 2.75) is 51.5 Å². The van der Waals surface area contributed by atoms with Crippen LogP contribution in [0.15, 0.2) is 5.38 Å². The lowest BCUT2D eigenvalue weighted by Crippen LogP contribution is -2.41. The van der Waals surface area contributed by atoms with Crippen molar-refractivity contribution in [1.29, 1.82) is 0 Å². The van der Waals surface area contributed by atoms with E-state index in [0.29, 0.717) is 18.3 Å². The van der Waals surface area contributed by atoms with E-state index in [-0.39, 0.29) is 5.91 Å². The number of hydrogen-bond donors (Lipinski definition) is 1. The lowest BCUT2D eigenvalue weighted by molar-refractivity contribution is 0.0642. The Hall–Kier alpha value is -0.940. The first kappa shape index (κ1) is 14.5. The van der Waals surface area contributed by atoms with Gasteiger partial charge in [0.05, 0.1) is 5.01 Å². The summed E-state index contributed by atoms with van der Waals surface area (Å²) in [7, 11) is 0. The van der Waals surface area contributed by atoms with Crippen LogP contribution in [0.2, 0.25) is 0 Å². The average molecular weight is 281 g/mol. The van der Waals surface area contributed by atoms with E-state index in [9.17, 15) is 4.79 Å². The van der Waals surface area contributed by atoms with E-state index in [1.54, 1.807) is 0 Å². The molecular formula is C14H23N3OS. The van der Waals surface area contributed by atoms with Gasteiger partial charge in [-0.15, -0.1) is 11.3 Å². The molecule has 1 fully saturated rings. The quantitative estimate of drug-likeness (QED) is 0.902. The molecule has 1 heterocycles. The van der Waals surface area contributed by atoms with E-state index in [1.165, 1.54) is 30.6 Å². The lowest BCUT2D eigenvalue weighted by atomic mass is 9.94. The molecule has 1 amide bonds. The Labute approximate surface area is 119 Å². The summed E-state index contributed by atoms with van der Waals surface area (Å²) < 4.78 is 0. The molecule has 1 aromatic rings. The SMILES string of the molecule is CCN(C(=O)c1csc(CCN)n1)C1CCCCC1. The Balaban J connectivity index is 2.05. The van der Waals surface area contributed by atoms with Crippen LogP contribution in [0.1, 0.15) is 54.5 Å². The van der Waals surface area contributed by atoms with E-state index >= 15 is 0 Å². The summed E-state index contributed by atoms with van der Waals surface area (Å²) in [4.78, 5) is 18.9. The van der Waals surface area contributed by atoms with Gasteiger partial charge in [0.2, 0.25) is 0 Å². The van der Waals surface area contributed by atoms with Crippen molar-refractivity contribution >= 4 is 17.2 Å². The van der Waals surface area contributed by atoms with Crippen molar-refractivity contribution in [2.75, 3.05) is 13.1 Å². The Bertz CT molecular complexity index is 413. The van der Waals surface area contributed by atoms with Gasteiger partial charge in [-0.3, -0.25) is 4.79 Å². The van der Waals surface area contributed by atoms with Gasteiger partial charge in [0.15, 0.2) is 0 Å². The molecule has 0 radical (unpaired) electrons. The fourth-order valence-electron chi connectivity index (χ4n) is 2.75. The molecule has 0 bridgehead atoms. The number of aromatic nitrogens is 1. The second kappa shape index (κ2) is 7.01. The van der Waals surface area contributed by atoms with Crippen LogP contribution in [-0.2, 0) is 6.42 Å². The van der Waals surface area contributed by atoms with Gasteiger partial charge in [-0.25, -0.2) is 4.98 Å². The van der Waals surface area contributed by atoms with Gasteiger partial charge in [-0.2, -0.15) is 0 Å². The van der Waals surface area contributed by atoms with Gasteiger partial charge in [0.1, 0.15) is 5.69 Å². The van der Waals surface area contributed by atoms with Crippen LogP contribution in [0.4, 0.5) is 0 Å². The monoisotopic (exact) mass is 281 g/mol. The molecule has 4 nitrogen and oxygen atoms in total. The Morgan fingerprint density at radius 2 is 2.21 bits per heavy atom. The predicted molar refractivity (Wildman–Crippen MR) is 78.5 cm³/mol. The van der Waals surface area contributed by atoms with E-state index in [2.05, 4.69) is 11.9 Å². The summed E-state index contributed by atoms with van der Waals surface area (Å²) in [6.45, 7) is 3.41. The number of carbonyl (C=O) groups is 1. The Morgan fingerprint density at radius 3 is 2.84 bits per heavy atom. The van der Waals surface area contributed by atoms with Crippen molar-refractivity contribution in [1.82, 2.24) is 9.88 Å². The molecule has 0 saturated heterocycles. The van der Waals surface area contributed by atoms with Gasteiger partial charge >= 0.3 is 0 Å². The summed E-state index contributed by atoms with van der Waals surface area (Å²) in [5.41, 5.74) is 6.12. The van der Waals surface area contributed by atoms with Gasteiger partial charge < -0.3 is 10.6 Å². The number of hydrogen-bond acceptors (Lipinski definition) is 4. The molecule has 0 aliphatic heterocycles. The molecule has 0 atom stereocenters. The van der Waals surface area contributed by atoms with Gasteiger partial charge in [0, 0.05) is 24.4 Å². The molecule has 1 aromatic heterocycles. The van der Waals surface area contributed by atoms with Crippen LogP contribution in [0.25, 0.3) is 0 Å². The highest BCUT2D eigenvalue weighted by molar-refractivity contribution is 7.09. The van der Waals surface area contributed by atoms with Crippen molar-refractivity contribution < 1.29 is 4.79 Å². The van der Waals surface area contributed by atoms with E-state index in [1.807, 2.05) is 10.3 Å². The standard InChI is InChI=1S/C14H23N3OS/c1-2-17(11-6-4-3-5-7-11)14(18)12-10-19-13(16-12)8-9-15/h10-11H,2-9,15H2,1H3. The van der Waals surface area contributed by atoms with Crippen molar-refractivity contribution in [3.8, 4) is 0 Å². The number of thiazole rings is 1. The summed E-state index contributed by atoms with van der Waals surface area (Å²) in [6, 6.07) is 0.408. The minimum atomic E-state index is 0.0916. The van der Waals surface area contributed by atoms with Gasteiger partial charge in [-0.05, 0) is 26.3 Å². The van der Waals surface area contributed by atoms with Crippen LogP contribution in [0.3, 0.4) is 0 Å². The number of nitrogens with zero attached hydrogens (tertiary/aromatic N) is 2. The highest BCUT2D eigenvalue weighted by Crippen LogP contribution is 2.24. The molecule has 0 aromatic carbocycles. The maximum absolute atomic E-state index is 12.5. The molecule has 1 aliphatic carbocycles. The first-order valence-corrected chi connectivity index (χ1v) is 8.09. The normalized spacial score (nSPS) is 16.5. The average Bonchev–Trinajstić information content (AvgIpc) is 2.90. The minimum Gasteiger partial charge on any atom is -0.335 e. The fraction of sp³-hybridized carbons (Fsp3) is 0.714. The van der Waals surface area contributed by atoms with E-state index in [4.69, 9.17) is 5.73 Å². The topological polar surface area (TPSA) is 59.2 Å². The predicted octanol–water partition coefficient (Wildman–Crippen LogP) is 2.44. The highest BCUT2D eigenvalue weighted by Gasteiger charge is 2.26. The van der Waals surface area contributed by atoms with Crippen molar-refractivity contribution in [3.63, 3.8) is 0 Å². The Kier molecular flexibility index (Phi) is 5.34. The molecule has 0 spiro atoms. The van der Waals surface area contributed by atoms with E-state index < -0.39 is 0 Å². The fourth-order valence-corrected chi connectivity index (χ4v) is 3.54. The molecular weight excluding hydrogens is 258 g/mol. The van der Waals surface area contributed by atoms with Crippen molar-refractivity contribution in [2.24, 2.45) is 5.73 Å². The maximum atomic E-state index is 12.5. The summed E-state index contributed by atoms with van der Waals surface area (Å²) in [6.07, 6.45) is 6.82. The van der Waals surface area contributed by atoms with Crippen LogP contribution in [0.5, 0.6) is 0 Å². The summed E-state index contributed by atoms with van der Waals surface area (Å²) >= 11 is 1.54. The highest BCUT2D eigenvalue weighted by atomic mass is 32.1. The molecule has 1 aliphatic rings. The molecule has 1 saturated carbocycles. The zero-order valence-corrected chi connectivity index (χ0v) is 12.4. The lowest BCUT2D eigenvalue weighted by Gasteiger charge is -2.33. The zero-order valence-electron chi connectivity index (χ0n) is 11.6. The van der Waals surface area contributed by atoms with Crippen LogP contribution in [0, 0.1) is 0 Å². The number of rotatable bonds is 5. The van der Waals surface area contributed by atoms with Gasteiger partial charge in [0.25, 0.3) is 5.91 Å². The van der Waals surface area contributed by atoms with Crippen LogP contribution in [-0.4, -0.2) is 34.9 Å². The molecule has 106 valence electrons. The Morgan fingerprint density at radius 1 is 1.47 bits per heavy atom. The second-order valence-corrected chi connectivity index (χ2v) is 5.99. The first-order chi connectivity index (χ1) is 9.26. The van der Waals surface area contributed by atoms with Crippen LogP contribution >= 0.6 is 11.3 Å². The van der Waals surface area contributed by atoms with Crippen molar-refractivity contribution in [3.05, 3.63) is 16.1 Å². The third-order valence-corrected chi connectivity index (χ3v) is 4.65. The smallest absolute Gasteiger partial charge is 0.273 e. The largest absolute Gasteiger partial charge is 0.335 e. The molecule has 19 heavy (non-hydrogen) atoms. The van der Waals surface area contributed by atoms with Gasteiger partial charge in [-0.1, -0.05) is 19.3 Å². The third kappa shape index (κ3) is 3.54. The summed E-state index contributed by atoms with van der Waals surface area (Å²) in [5, 5.41) is 2.84. The second-order valence-electron chi connectivity index (χ2n) is 5.05. The van der Waals surface area contributed by atoms with E-state index in [0.717, 1.165) is 30.8 Å². The molecule has 5 heteroatoms. The van der Waals surface area contributed by atoms with Crippen LogP contribution < -0.4 is 5.73 Å². The molecule has 0 unspecified atom stereocenters. The minimum absolute atomic E-state index is 0.0916. The molecule has 2 rings (SSSR count). The number of nitrogens with two attached hydrogens (primary N) is 1. The molecule has 2 N–H and O–H groups in total. The first-order valence-electron chi connectivity index (χ1n) is 7.21. The summed E-state index contributed by atoms with van der Waals surface area (Å²) in [5.74, 6) is 0.0916. The zero-order chi connectivity index (χ0) is 13.7. The number of amides is 1. The maximum Gasteiger partial charge on any atom is 0.273 e.